The van der Waals surface area contributed by atoms with E-state index in [-0.39, 0.29) is 18.4 Å². The predicted octanol–water partition coefficient (Wildman–Crippen LogP) is 2.97. The Morgan fingerprint density at radius 2 is 1.71 bits per heavy atom. The summed E-state index contributed by atoms with van der Waals surface area (Å²) in [5.74, 6) is 2.10. The number of ether oxygens (including phenoxy) is 2. The van der Waals surface area contributed by atoms with E-state index in [1.165, 1.54) is 0 Å². The highest BCUT2D eigenvalue weighted by Gasteiger charge is 2.23. The lowest BCUT2D eigenvalue weighted by molar-refractivity contribution is 0.0171. The van der Waals surface area contributed by atoms with Gasteiger partial charge in [-0.05, 0) is 12.1 Å². The predicted molar refractivity (Wildman–Crippen MR) is 103 cm³/mol. The second-order valence-electron chi connectivity index (χ2n) is 5.60. The molecule has 1 aromatic rings. The van der Waals surface area contributed by atoms with Gasteiger partial charge >= 0.3 is 0 Å². The Hall–Kier alpha value is -0.230. The summed E-state index contributed by atoms with van der Waals surface area (Å²) >= 11 is 12.0. The standard InChI is InChI=1S/C17H26Cl2N2O2.ClH/c18-6-8-21(9-7-19)16(14-20-10-12-22-13-11-20)15-23-17-4-2-1-3-5-17;/h1-5,16H,6-15H2;1H. The molecule has 0 aliphatic carbocycles. The van der Waals surface area contributed by atoms with Crippen molar-refractivity contribution in [3.05, 3.63) is 30.3 Å². The first-order valence-corrected chi connectivity index (χ1v) is 9.24. The Balaban J connectivity index is 0.00000288. The first-order chi connectivity index (χ1) is 11.3. The highest BCUT2D eigenvalue weighted by molar-refractivity contribution is 6.18. The third-order valence-corrected chi connectivity index (χ3v) is 4.36. The van der Waals surface area contributed by atoms with Crippen LogP contribution in [0, 0.1) is 0 Å². The van der Waals surface area contributed by atoms with Gasteiger partial charge in [-0.2, -0.15) is 0 Å². The van der Waals surface area contributed by atoms with Crippen molar-refractivity contribution in [2.75, 3.05) is 64.3 Å². The third-order valence-electron chi connectivity index (χ3n) is 4.02. The molecule has 0 radical (unpaired) electrons. The maximum Gasteiger partial charge on any atom is 0.119 e. The molecule has 0 N–H and O–H groups in total. The number of rotatable bonds is 10. The fourth-order valence-corrected chi connectivity index (χ4v) is 3.19. The van der Waals surface area contributed by atoms with Crippen LogP contribution in [0.1, 0.15) is 0 Å². The summed E-state index contributed by atoms with van der Waals surface area (Å²) < 4.78 is 11.4. The molecule has 0 saturated carbocycles. The zero-order valence-electron chi connectivity index (χ0n) is 13.9. The van der Waals surface area contributed by atoms with E-state index >= 15 is 0 Å². The van der Waals surface area contributed by atoms with Crippen LogP contribution in [-0.2, 0) is 4.74 Å². The SMILES string of the molecule is Cl.ClCCN(CCCl)C(COc1ccccc1)CN1CCOCC1. The first kappa shape index (κ1) is 21.8. The van der Waals surface area contributed by atoms with Crippen LogP contribution in [-0.4, -0.2) is 80.1 Å². The summed E-state index contributed by atoms with van der Waals surface area (Å²) in [6, 6.07) is 10.2. The highest BCUT2D eigenvalue weighted by Crippen LogP contribution is 2.12. The van der Waals surface area contributed by atoms with E-state index in [1.54, 1.807) is 0 Å². The Bertz CT molecular complexity index is 414. The molecular formula is C17H27Cl3N2O2. The Morgan fingerprint density at radius 1 is 1.08 bits per heavy atom. The van der Waals surface area contributed by atoms with Crippen LogP contribution in [0.25, 0.3) is 0 Å². The average Bonchev–Trinajstić information content (AvgIpc) is 2.60. The number of benzene rings is 1. The van der Waals surface area contributed by atoms with Crippen molar-refractivity contribution in [3.8, 4) is 5.75 Å². The molecule has 138 valence electrons. The van der Waals surface area contributed by atoms with Gasteiger partial charge in [0, 0.05) is 44.5 Å². The number of para-hydroxylation sites is 1. The molecule has 1 unspecified atom stereocenters. The first-order valence-electron chi connectivity index (χ1n) is 8.17. The topological polar surface area (TPSA) is 24.9 Å². The molecule has 0 aromatic heterocycles. The lowest BCUT2D eigenvalue weighted by atomic mass is 10.2. The number of alkyl halides is 2. The minimum absolute atomic E-state index is 0. The summed E-state index contributed by atoms with van der Waals surface area (Å²) in [5.41, 5.74) is 0. The van der Waals surface area contributed by atoms with Gasteiger partial charge in [-0.15, -0.1) is 35.6 Å². The molecule has 1 fully saturated rings. The number of morpholine rings is 1. The van der Waals surface area contributed by atoms with E-state index in [2.05, 4.69) is 9.80 Å². The average molecular weight is 398 g/mol. The Labute approximate surface area is 161 Å². The number of hydrogen-bond donors (Lipinski definition) is 0. The van der Waals surface area contributed by atoms with Gasteiger partial charge in [0.2, 0.25) is 0 Å². The van der Waals surface area contributed by atoms with Crippen LogP contribution in [0.2, 0.25) is 0 Å². The van der Waals surface area contributed by atoms with Gasteiger partial charge < -0.3 is 9.47 Å². The van der Waals surface area contributed by atoms with Crippen molar-refractivity contribution in [1.82, 2.24) is 9.80 Å². The molecule has 1 atom stereocenters. The zero-order valence-corrected chi connectivity index (χ0v) is 16.2. The molecule has 7 heteroatoms. The third kappa shape index (κ3) is 7.77. The van der Waals surface area contributed by atoms with E-state index < -0.39 is 0 Å². The quantitative estimate of drug-likeness (QED) is 0.567. The molecule has 0 bridgehead atoms. The van der Waals surface area contributed by atoms with Crippen LogP contribution < -0.4 is 4.74 Å². The van der Waals surface area contributed by atoms with E-state index in [1.807, 2.05) is 30.3 Å². The van der Waals surface area contributed by atoms with Crippen LogP contribution in [0.3, 0.4) is 0 Å². The van der Waals surface area contributed by atoms with Crippen LogP contribution in [0.15, 0.2) is 30.3 Å². The smallest absolute Gasteiger partial charge is 0.119 e. The largest absolute Gasteiger partial charge is 0.492 e. The molecule has 1 aliphatic rings. The molecule has 0 spiro atoms. The van der Waals surface area contributed by atoms with Crippen molar-refractivity contribution in [2.45, 2.75) is 6.04 Å². The second-order valence-corrected chi connectivity index (χ2v) is 6.36. The monoisotopic (exact) mass is 396 g/mol. The van der Waals surface area contributed by atoms with E-state index in [4.69, 9.17) is 32.7 Å². The highest BCUT2D eigenvalue weighted by atomic mass is 35.5. The van der Waals surface area contributed by atoms with Crippen molar-refractivity contribution < 1.29 is 9.47 Å². The normalized spacial score (nSPS) is 16.6. The van der Waals surface area contributed by atoms with E-state index in [0.717, 1.165) is 51.7 Å². The molecular weight excluding hydrogens is 371 g/mol. The van der Waals surface area contributed by atoms with Gasteiger partial charge in [0.1, 0.15) is 12.4 Å². The molecule has 24 heavy (non-hydrogen) atoms. The summed E-state index contributed by atoms with van der Waals surface area (Å²) in [7, 11) is 0. The van der Waals surface area contributed by atoms with Gasteiger partial charge in [0.05, 0.1) is 19.3 Å². The lowest BCUT2D eigenvalue weighted by Gasteiger charge is -2.36. The molecule has 4 nitrogen and oxygen atoms in total. The van der Waals surface area contributed by atoms with Crippen molar-refractivity contribution in [3.63, 3.8) is 0 Å². The van der Waals surface area contributed by atoms with E-state index in [0.29, 0.717) is 18.4 Å². The fourth-order valence-electron chi connectivity index (χ4n) is 2.76. The maximum atomic E-state index is 6.00. The van der Waals surface area contributed by atoms with Gasteiger partial charge in [0.15, 0.2) is 0 Å². The minimum atomic E-state index is 0. The molecule has 1 aliphatic heterocycles. The summed E-state index contributed by atoms with van der Waals surface area (Å²) in [6.45, 7) is 6.77. The number of halogens is 3. The van der Waals surface area contributed by atoms with Crippen LogP contribution in [0.4, 0.5) is 0 Å². The Morgan fingerprint density at radius 3 is 2.29 bits per heavy atom. The van der Waals surface area contributed by atoms with E-state index in [9.17, 15) is 0 Å². The summed E-state index contributed by atoms with van der Waals surface area (Å²) in [5, 5.41) is 0. The minimum Gasteiger partial charge on any atom is -0.492 e. The van der Waals surface area contributed by atoms with Crippen molar-refractivity contribution in [1.29, 1.82) is 0 Å². The van der Waals surface area contributed by atoms with Gasteiger partial charge in [-0.1, -0.05) is 18.2 Å². The van der Waals surface area contributed by atoms with Crippen molar-refractivity contribution >= 4 is 35.6 Å². The van der Waals surface area contributed by atoms with Gasteiger partial charge in [0.25, 0.3) is 0 Å². The summed E-state index contributed by atoms with van der Waals surface area (Å²) in [4.78, 5) is 4.76. The van der Waals surface area contributed by atoms with Gasteiger partial charge in [-0.3, -0.25) is 9.80 Å². The van der Waals surface area contributed by atoms with Crippen molar-refractivity contribution in [2.24, 2.45) is 0 Å². The summed E-state index contributed by atoms with van der Waals surface area (Å²) in [6.07, 6.45) is 0. The number of hydrogen-bond acceptors (Lipinski definition) is 4. The van der Waals surface area contributed by atoms with Crippen LogP contribution in [0.5, 0.6) is 5.75 Å². The van der Waals surface area contributed by atoms with Gasteiger partial charge in [-0.25, -0.2) is 0 Å². The van der Waals surface area contributed by atoms with Crippen LogP contribution >= 0.6 is 35.6 Å². The molecule has 1 aromatic carbocycles. The lowest BCUT2D eigenvalue weighted by Crippen LogP contribution is -2.51. The molecule has 1 heterocycles. The molecule has 0 amide bonds. The molecule has 1 saturated heterocycles. The second kappa shape index (κ2) is 13.0. The maximum absolute atomic E-state index is 6.00. The fraction of sp³-hybridized carbons (Fsp3) is 0.647. The Kier molecular flexibility index (Phi) is 11.8. The number of nitrogens with zero attached hydrogens (tertiary/aromatic N) is 2. The zero-order chi connectivity index (χ0) is 16.3. The molecule has 2 rings (SSSR count).